The first-order valence-electron chi connectivity index (χ1n) is 13.7. The molecule has 220 valence electrons. The summed E-state index contributed by atoms with van der Waals surface area (Å²) in [6.07, 6.45) is 0.272. The Hall–Kier alpha value is -5.61. The van der Waals surface area contributed by atoms with Gasteiger partial charge in [-0.3, -0.25) is 0 Å². The summed E-state index contributed by atoms with van der Waals surface area (Å²) in [7, 11) is 1.31. The van der Waals surface area contributed by atoms with Crippen LogP contribution in [0.25, 0.3) is 22.3 Å². The molecule has 0 saturated carbocycles. The van der Waals surface area contributed by atoms with E-state index in [2.05, 4.69) is 11.1 Å². The molecule has 0 unspecified atom stereocenters. The minimum atomic E-state index is -0.733. The third kappa shape index (κ3) is 6.40. The summed E-state index contributed by atoms with van der Waals surface area (Å²) in [5.74, 6) is -0.743. The molecule has 0 aliphatic rings. The number of fused-ring (bicyclic) bond motifs is 1. The molecule has 0 spiro atoms. The van der Waals surface area contributed by atoms with Gasteiger partial charge >= 0.3 is 5.97 Å². The number of rotatable bonds is 9. The van der Waals surface area contributed by atoms with Gasteiger partial charge in [0.2, 0.25) is 5.88 Å². The van der Waals surface area contributed by atoms with E-state index in [4.69, 9.17) is 19.7 Å². The number of carbonyl (C=O) groups excluding carboxylic acids is 1. The second-order valence-electron chi connectivity index (χ2n) is 10.9. The van der Waals surface area contributed by atoms with Crippen molar-refractivity contribution >= 4 is 17.0 Å². The minimum Gasteiger partial charge on any atom is -0.473 e. The Labute approximate surface area is 252 Å². The molecule has 44 heavy (non-hydrogen) atoms. The van der Waals surface area contributed by atoms with Crippen molar-refractivity contribution in [2.75, 3.05) is 7.11 Å². The van der Waals surface area contributed by atoms with Crippen LogP contribution in [0.2, 0.25) is 0 Å². The van der Waals surface area contributed by atoms with E-state index in [1.54, 1.807) is 48.5 Å². The first-order valence-corrected chi connectivity index (χ1v) is 13.7. The molecule has 2 heterocycles. The predicted molar refractivity (Wildman–Crippen MR) is 158 cm³/mol. The number of esters is 1. The maximum absolute atomic E-state index is 15.5. The van der Waals surface area contributed by atoms with Gasteiger partial charge in [-0.2, -0.15) is 10.5 Å². The van der Waals surface area contributed by atoms with E-state index in [1.165, 1.54) is 25.3 Å². The highest BCUT2D eigenvalue weighted by molar-refractivity contribution is 5.93. The van der Waals surface area contributed by atoms with Gasteiger partial charge in [-0.05, 0) is 67.9 Å². The van der Waals surface area contributed by atoms with Gasteiger partial charge in [0, 0.05) is 30.2 Å². The molecule has 0 fully saturated rings. The number of hydrogen-bond donors (Lipinski definition) is 0. The van der Waals surface area contributed by atoms with Gasteiger partial charge in [0.05, 0.1) is 52.5 Å². The van der Waals surface area contributed by atoms with E-state index in [-0.39, 0.29) is 35.6 Å². The summed E-state index contributed by atoms with van der Waals surface area (Å²) in [6.45, 7) is 3.82. The molecule has 0 bridgehead atoms. The zero-order valence-electron chi connectivity index (χ0n) is 24.3. The quantitative estimate of drug-likeness (QED) is 0.174. The first kappa shape index (κ1) is 29.9. The topological polar surface area (TPSA) is 114 Å². The fourth-order valence-corrected chi connectivity index (χ4v) is 4.75. The van der Waals surface area contributed by atoms with Crippen LogP contribution in [0.4, 0.5) is 8.78 Å². The Morgan fingerprint density at radius 2 is 1.80 bits per heavy atom. The minimum absolute atomic E-state index is 0.111. The molecule has 0 atom stereocenters. The summed E-state index contributed by atoms with van der Waals surface area (Å²) in [6, 6.07) is 23.1. The van der Waals surface area contributed by atoms with E-state index >= 15 is 4.39 Å². The lowest BCUT2D eigenvalue weighted by Crippen LogP contribution is -2.19. The number of halogens is 2. The number of ether oxygens (including phenoxy) is 2. The van der Waals surface area contributed by atoms with Crippen LogP contribution in [-0.2, 0) is 24.3 Å². The average molecular weight is 592 g/mol. The number of methoxy groups -OCH3 is 1. The number of carbonyl (C=O) groups is 1. The van der Waals surface area contributed by atoms with Crippen LogP contribution in [0.1, 0.15) is 46.7 Å². The monoisotopic (exact) mass is 591 g/mol. The number of hydrogen-bond acceptors (Lipinski definition) is 7. The Morgan fingerprint density at radius 3 is 2.50 bits per heavy atom. The fraction of sp³-hybridized carbons (Fsp3) is 0.206. The molecule has 0 saturated heterocycles. The van der Waals surface area contributed by atoms with Crippen LogP contribution in [0.3, 0.4) is 0 Å². The van der Waals surface area contributed by atoms with Gasteiger partial charge in [0.25, 0.3) is 0 Å². The van der Waals surface area contributed by atoms with E-state index in [1.807, 2.05) is 24.5 Å². The number of aromatic nitrogens is 3. The molecule has 0 amide bonds. The predicted octanol–water partition coefficient (Wildman–Crippen LogP) is 6.75. The highest BCUT2D eigenvalue weighted by Crippen LogP contribution is 2.28. The summed E-state index contributed by atoms with van der Waals surface area (Å²) < 4.78 is 42.1. The molecular formula is C34H27F2N5O3. The summed E-state index contributed by atoms with van der Waals surface area (Å²) in [4.78, 5) is 21.3. The van der Waals surface area contributed by atoms with Gasteiger partial charge in [-0.1, -0.05) is 18.2 Å². The smallest absolute Gasteiger partial charge is 0.337 e. The Balaban J connectivity index is 1.40. The lowest BCUT2D eigenvalue weighted by molar-refractivity contribution is 0.0601. The third-order valence-corrected chi connectivity index (χ3v) is 7.06. The fourth-order valence-electron chi connectivity index (χ4n) is 4.75. The van der Waals surface area contributed by atoms with Gasteiger partial charge < -0.3 is 14.0 Å². The lowest BCUT2D eigenvalue weighted by atomic mass is 9.95. The van der Waals surface area contributed by atoms with E-state index in [9.17, 15) is 14.4 Å². The number of benzene rings is 3. The molecule has 0 aliphatic heterocycles. The molecule has 8 nitrogen and oxygen atoms in total. The van der Waals surface area contributed by atoms with Crippen molar-refractivity contribution in [2.45, 2.75) is 33.4 Å². The van der Waals surface area contributed by atoms with Crippen molar-refractivity contribution in [3.8, 4) is 29.3 Å². The maximum atomic E-state index is 15.5. The largest absolute Gasteiger partial charge is 0.473 e. The van der Waals surface area contributed by atoms with Crippen LogP contribution in [-0.4, -0.2) is 27.6 Å². The van der Waals surface area contributed by atoms with Crippen LogP contribution in [0.5, 0.6) is 5.88 Å². The number of imidazole rings is 1. The van der Waals surface area contributed by atoms with Gasteiger partial charge in [-0.15, -0.1) is 0 Å². The summed E-state index contributed by atoms with van der Waals surface area (Å²) in [5, 5.41) is 18.6. The van der Waals surface area contributed by atoms with E-state index in [0.717, 1.165) is 6.07 Å². The third-order valence-electron chi connectivity index (χ3n) is 7.06. The number of nitrogens with zero attached hydrogens (tertiary/aromatic N) is 5. The van der Waals surface area contributed by atoms with Gasteiger partial charge in [-0.25, -0.2) is 23.5 Å². The highest BCUT2D eigenvalue weighted by atomic mass is 19.1. The second kappa shape index (κ2) is 12.3. The van der Waals surface area contributed by atoms with Gasteiger partial charge in [0.15, 0.2) is 0 Å². The number of pyridine rings is 1. The van der Waals surface area contributed by atoms with Crippen LogP contribution in [0.15, 0.2) is 72.8 Å². The molecule has 0 N–H and O–H groups in total. The van der Waals surface area contributed by atoms with E-state index < -0.39 is 23.0 Å². The standard InChI is InChI=1S/C34H27F2N5O3/c1-34(2,19-38)20-41-30-16-23(33(42)43-3)10-12-29(30)39-31(41)15-21-8-11-25(27(36)13-21)28-5-4-6-32(40-28)44-18-24-9-7-22(17-37)14-26(24)35/h4-14,16H,15,18,20H2,1-3H3. The van der Waals surface area contributed by atoms with Crippen molar-refractivity contribution in [1.29, 1.82) is 10.5 Å². The Kier molecular flexibility index (Phi) is 8.36. The molecule has 2 aromatic heterocycles. The van der Waals surface area contributed by atoms with Crippen molar-refractivity contribution in [3.05, 3.63) is 113 Å². The Bertz CT molecular complexity index is 1970. The van der Waals surface area contributed by atoms with Crippen molar-refractivity contribution in [3.63, 3.8) is 0 Å². The Morgan fingerprint density at radius 1 is 0.977 bits per heavy atom. The molecule has 0 radical (unpaired) electrons. The molecule has 10 heteroatoms. The van der Waals surface area contributed by atoms with Crippen molar-refractivity contribution in [2.24, 2.45) is 5.41 Å². The zero-order chi connectivity index (χ0) is 31.4. The average Bonchev–Trinajstić information content (AvgIpc) is 3.35. The highest BCUT2D eigenvalue weighted by Gasteiger charge is 2.23. The zero-order valence-corrected chi connectivity index (χ0v) is 24.3. The lowest BCUT2D eigenvalue weighted by Gasteiger charge is -2.19. The number of nitriles is 2. The van der Waals surface area contributed by atoms with Crippen LogP contribution < -0.4 is 4.74 Å². The molecule has 3 aromatic carbocycles. The summed E-state index contributed by atoms with van der Waals surface area (Å²) in [5.41, 5.74) is 2.65. The first-order chi connectivity index (χ1) is 21.1. The SMILES string of the molecule is COC(=O)c1ccc2nc(Cc3ccc(-c4cccc(OCc5ccc(C#N)cc5F)n4)c(F)c3)n(CC(C)(C)C#N)c2c1. The second-order valence-corrected chi connectivity index (χ2v) is 10.9. The van der Waals surface area contributed by atoms with Gasteiger partial charge in [0.1, 0.15) is 24.1 Å². The molecular weight excluding hydrogens is 564 g/mol. The van der Waals surface area contributed by atoms with Crippen LogP contribution in [0, 0.1) is 39.7 Å². The van der Waals surface area contributed by atoms with Crippen LogP contribution >= 0.6 is 0 Å². The molecule has 5 rings (SSSR count). The maximum Gasteiger partial charge on any atom is 0.337 e. The van der Waals surface area contributed by atoms with Crippen molar-refractivity contribution in [1.82, 2.24) is 14.5 Å². The normalized spacial score (nSPS) is 11.2. The molecule has 5 aromatic rings. The summed E-state index contributed by atoms with van der Waals surface area (Å²) >= 11 is 0. The van der Waals surface area contributed by atoms with E-state index in [0.29, 0.717) is 40.2 Å². The molecule has 0 aliphatic carbocycles. The van der Waals surface area contributed by atoms with Crippen molar-refractivity contribution < 1.29 is 23.0 Å².